The summed E-state index contributed by atoms with van der Waals surface area (Å²) in [5, 5.41) is 5.03. The number of halogens is 1. The summed E-state index contributed by atoms with van der Waals surface area (Å²) in [4.78, 5) is 14.7. The molecule has 7 heteroatoms. The molecule has 1 aliphatic rings. The van der Waals surface area contributed by atoms with Gasteiger partial charge >= 0.3 is 0 Å². The number of hydrogen-bond acceptors (Lipinski definition) is 4. The van der Waals surface area contributed by atoms with Crippen molar-refractivity contribution in [1.29, 1.82) is 0 Å². The van der Waals surface area contributed by atoms with Gasteiger partial charge in [0.1, 0.15) is 23.3 Å². The van der Waals surface area contributed by atoms with E-state index in [2.05, 4.69) is 5.10 Å². The second-order valence-corrected chi connectivity index (χ2v) is 7.35. The molecule has 0 aliphatic carbocycles. The van der Waals surface area contributed by atoms with Crippen LogP contribution in [0.5, 0.6) is 11.5 Å². The Morgan fingerprint density at radius 3 is 2.55 bits per heavy atom. The minimum atomic E-state index is -0.0175. The van der Waals surface area contributed by atoms with Gasteiger partial charge in [-0.2, -0.15) is 5.10 Å². The maximum Gasteiger partial charge on any atom is 0.257 e. The van der Waals surface area contributed by atoms with Crippen LogP contribution < -0.4 is 9.47 Å². The third kappa shape index (κ3) is 4.38. The fourth-order valence-electron chi connectivity index (χ4n) is 3.45. The first-order chi connectivity index (χ1) is 14.1. The van der Waals surface area contributed by atoms with E-state index in [0.29, 0.717) is 29.4 Å². The number of carbonyl (C=O) groups is 1. The molecule has 150 valence electrons. The van der Waals surface area contributed by atoms with Crippen molar-refractivity contribution in [3.05, 3.63) is 71.5 Å². The van der Waals surface area contributed by atoms with Gasteiger partial charge in [-0.1, -0.05) is 23.7 Å². The third-order valence-corrected chi connectivity index (χ3v) is 5.26. The van der Waals surface area contributed by atoms with Crippen LogP contribution in [-0.4, -0.2) is 46.9 Å². The molecule has 6 nitrogen and oxygen atoms in total. The molecule has 2 aromatic carbocycles. The Morgan fingerprint density at radius 1 is 1.10 bits per heavy atom. The molecule has 0 bridgehead atoms. The fourth-order valence-corrected chi connectivity index (χ4v) is 3.57. The maximum atomic E-state index is 12.9. The van der Waals surface area contributed by atoms with Gasteiger partial charge in [-0.25, -0.2) is 4.68 Å². The van der Waals surface area contributed by atoms with Crippen LogP contribution in [0, 0.1) is 0 Å². The fraction of sp³-hybridized carbons (Fsp3) is 0.273. The van der Waals surface area contributed by atoms with Crippen molar-refractivity contribution in [3.8, 4) is 17.2 Å². The molecular formula is C22H22ClN3O3. The molecule has 1 fully saturated rings. The number of piperidine rings is 1. The second kappa shape index (κ2) is 8.57. The minimum absolute atomic E-state index is 0.0175. The van der Waals surface area contributed by atoms with Crippen LogP contribution in [0.25, 0.3) is 5.69 Å². The number of aromatic nitrogens is 2. The Labute approximate surface area is 174 Å². The lowest BCUT2D eigenvalue weighted by Gasteiger charge is -2.32. The smallest absolute Gasteiger partial charge is 0.257 e. The standard InChI is InChI=1S/C22H22ClN3O3/c1-28-21-5-3-2-4-20(21)26-15-16(14-24-26)22(27)25-12-10-19(11-13-25)29-18-8-6-17(23)7-9-18/h2-9,14-15,19H,10-13H2,1H3. The van der Waals surface area contributed by atoms with E-state index >= 15 is 0 Å². The first-order valence-electron chi connectivity index (χ1n) is 9.53. The molecular weight excluding hydrogens is 390 g/mol. The minimum Gasteiger partial charge on any atom is -0.494 e. The molecule has 1 saturated heterocycles. The summed E-state index contributed by atoms with van der Waals surface area (Å²) >= 11 is 5.91. The summed E-state index contributed by atoms with van der Waals surface area (Å²) in [5.41, 5.74) is 1.36. The highest BCUT2D eigenvalue weighted by Gasteiger charge is 2.25. The molecule has 0 saturated carbocycles. The van der Waals surface area contributed by atoms with E-state index in [4.69, 9.17) is 21.1 Å². The second-order valence-electron chi connectivity index (χ2n) is 6.91. The maximum absolute atomic E-state index is 12.9. The molecule has 4 rings (SSSR count). The van der Waals surface area contributed by atoms with Crippen molar-refractivity contribution >= 4 is 17.5 Å². The van der Waals surface area contributed by atoms with Gasteiger partial charge in [0.2, 0.25) is 0 Å². The average Bonchev–Trinajstić information content (AvgIpc) is 3.25. The Kier molecular flexibility index (Phi) is 5.71. The molecule has 0 spiro atoms. The Morgan fingerprint density at radius 2 is 1.83 bits per heavy atom. The molecule has 2 heterocycles. The lowest BCUT2D eigenvalue weighted by molar-refractivity contribution is 0.0595. The van der Waals surface area contributed by atoms with E-state index in [1.54, 1.807) is 24.2 Å². The van der Waals surface area contributed by atoms with Crippen molar-refractivity contribution in [1.82, 2.24) is 14.7 Å². The van der Waals surface area contributed by atoms with Crippen LogP contribution in [0.1, 0.15) is 23.2 Å². The highest BCUT2D eigenvalue weighted by molar-refractivity contribution is 6.30. The molecule has 1 aliphatic heterocycles. The quantitative estimate of drug-likeness (QED) is 0.630. The van der Waals surface area contributed by atoms with E-state index in [9.17, 15) is 4.79 Å². The molecule has 0 radical (unpaired) electrons. The van der Waals surface area contributed by atoms with Crippen molar-refractivity contribution in [2.45, 2.75) is 18.9 Å². The average molecular weight is 412 g/mol. The number of amides is 1. The largest absolute Gasteiger partial charge is 0.494 e. The van der Waals surface area contributed by atoms with Crippen molar-refractivity contribution in [2.75, 3.05) is 20.2 Å². The molecule has 1 amide bonds. The first kappa shape index (κ1) is 19.3. The number of para-hydroxylation sites is 2. The Balaban J connectivity index is 1.37. The van der Waals surface area contributed by atoms with E-state index < -0.39 is 0 Å². The Bertz CT molecular complexity index is 979. The summed E-state index contributed by atoms with van der Waals surface area (Å²) in [6.07, 6.45) is 5.02. The zero-order valence-corrected chi connectivity index (χ0v) is 16.9. The number of rotatable bonds is 5. The van der Waals surface area contributed by atoms with Gasteiger partial charge in [0.05, 0.1) is 18.9 Å². The normalized spacial score (nSPS) is 14.6. The first-order valence-corrected chi connectivity index (χ1v) is 9.91. The van der Waals surface area contributed by atoms with Gasteiger partial charge in [0.25, 0.3) is 5.91 Å². The van der Waals surface area contributed by atoms with Gasteiger partial charge in [-0.3, -0.25) is 4.79 Å². The molecule has 1 aromatic heterocycles. The Hall–Kier alpha value is -2.99. The third-order valence-electron chi connectivity index (χ3n) is 5.01. The van der Waals surface area contributed by atoms with Crippen LogP contribution in [0.3, 0.4) is 0 Å². The number of hydrogen-bond donors (Lipinski definition) is 0. The van der Waals surface area contributed by atoms with Crippen LogP contribution in [0.4, 0.5) is 0 Å². The highest BCUT2D eigenvalue weighted by atomic mass is 35.5. The number of likely N-dealkylation sites (tertiary alicyclic amines) is 1. The monoisotopic (exact) mass is 411 g/mol. The van der Waals surface area contributed by atoms with E-state index in [0.717, 1.165) is 24.3 Å². The van der Waals surface area contributed by atoms with E-state index in [1.165, 1.54) is 0 Å². The van der Waals surface area contributed by atoms with Crippen molar-refractivity contribution in [2.24, 2.45) is 0 Å². The zero-order chi connectivity index (χ0) is 20.2. The number of methoxy groups -OCH3 is 1. The molecule has 0 atom stereocenters. The lowest BCUT2D eigenvalue weighted by Crippen LogP contribution is -2.41. The zero-order valence-electron chi connectivity index (χ0n) is 16.1. The van der Waals surface area contributed by atoms with Gasteiger partial charge in [-0.05, 0) is 36.4 Å². The number of benzene rings is 2. The summed E-state index contributed by atoms with van der Waals surface area (Å²) < 4.78 is 13.0. The van der Waals surface area contributed by atoms with Crippen LogP contribution in [0.15, 0.2) is 60.9 Å². The van der Waals surface area contributed by atoms with Crippen LogP contribution in [-0.2, 0) is 0 Å². The predicted octanol–water partition coefficient (Wildman–Crippen LogP) is 4.22. The van der Waals surface area contributed by atoms with Gasteiger partial charge in [-0.15, -0.1) is 0 Å². The SMILES string of the molecule is COc1ccccc1-n1cc(C(=O)N2CCC(Oc3ccc(Cl)cc3)CC2)cn1. The van der Waals surface area contributed by atoms with E-state index in [1.807, 2.05) is 53.4 Å². The molecule has 29 heavy (non-hydrogen) atoms. The summed E-state index contributed by atoms with van der Waals surface area (Å²) in [7, 11) is 1.62. The highest BCUT2D eigenvalue weighted by Crippen LogP contribution is 2.24. The summed E-state index contributed by atoms with van der Waals surface area (Å²) in [6, 6.07) is 14.9. The number of ether oxygens (including phenoxy) is 2. The predicted molar refractivity (Wildman–Crippen MR) is 111 cm³/mol. The van der Waals surface area contributed by atoms with Crippen molar-refractivity contribution < 1.29 is 14.3 Å². The van der Waals surface area contributed by atoms with Crippen LogP contribution >= 0.6 is 11.6 Å². The summed E-state index contributed by atoms with van der Waals surface area (Å²) in [6.45, 7) is 1.30. The molecule has 3 aromatic rings. The topological polar surface area (TPSA) is 56.6 Å². The number of nitrogens with zero attached hydrogens (tertiary/aromatic N) is 3. The number of carbonyl (C=O) groups excluding carboxylic acids is 1. The van der Waals surface area contributed by atoms with Crippen molar-refractivity contribution in [3.63, 3.8) is 0 Å². The van der Waals surface area contributed by atoms with Crippen LogP contribution in [0.2, 0.25) is 5.02 Å². The molecule has 0 unspecified atom stereocenters. The van der Waals surface area contributed by atoms with Gasteiger partial charge in [0, 0.05) is 37.2 Å². The van der Waals surface area contributed by atoms with Gasteiger partial charge < -0.3 is 14.4 Å². The van der Waals surface area contributed by atoms with Gasteiger partial charge in [0.15, 0.2) is 0 Å². The summed E-state index contributed by atoms with van der Waals surface area (Å²) in [5.74, 6) is 1.49. The van der Waals surface area contributed by atoms with E-state index in [-0.39, 0.29) is 12.0 Å². The lowest BCUT2D eigenvalue weighted by atomic mass is 10.1. The molecule has 0 N–H and O–H groups in total.